The number of carbonyl (C=O) groups excluding carboxylic acids is 1. The van der Waals surface area contributed by atoms with Crippen LogP contribution in [0.1, 0.15) is 33.6 Å². The van der Waals surface area contributed by atoms with Crippen molar-refractivity contribution in [2.45, 2.75) is 39.2 Å². The van der Waals surface area contributed by atoms with Gasteiger partial charge in [0.05, 0.1) is 6.61 Å². The number of likely N-dealkylation sites (tertiary alicyclic amines) is 1. The van der Waals surface area contributed by atoms with Crippen LogP contribution in [0.3, 0.4) is 0 Å². The molecule has 1 unspecified atom stereocenters. The number of hydrogen-bond acceptors (Lipinski definition) is 3. The molecule has 114 valence electrons. The van der Waals surface area contributed by atoms with Crippen LogP contribution in [0.25, 0.3) is 0 Å². The van der Waals surface area contributed by atoms with E-state index in [0.29, 0.717) is 5.57 Å². The Bertz CT molecular complexity index is 416. The van der Waals surface area contributed by atoms with Gasteiger partial charge in [-0.05, 0) is 11.8 Å². The molecule has 1 N–H and O–H groups in total. The summed E-state index contributed by atoms with van der Waals surface area (Å²) in [5, 5.41) is 9.30. The van der Waals surface area contributed by atoms with Crippen LogP contribution in [0.5, 0.6) is 0 Å². The van der Waals surface area contributed by atoms with Gasteiger partial charge in [0.25, 0.3) is 0 Å². The van der Waals surface area contributed by atoms with Crippen molar-refractivity contribution in [1.82, 2.24) is 4.90 Å². The highest BCUT2D eigenvalue weighted by Gasteiger charge is 2.52. The lowest BCUT2D eigenvalue weighted by Crippen LogP contribution is -2.54. The molecule has 0 saturated carbocycles. The first kappa shape index (κ1) is 16.8. The second kappa shape index (κ2) is 6.04. The summed E-state index contributed by atoms with van der Waals surface area (Å²) in [6, 6.07) is 0. The van der Waals surface area contributed by atoms with Crippen molar-refractivity contribution in [2.75, 3.05) is 19.0 Å². The highest BCUT2D eigenvalue weighted by Crippen LogP contribution is 2.37. The van der Waals surface area contributed by atoms with Crippen LogP contribution in [0.2, 0.25) is 0 Å². The summed E-state index contributed by atoms with van der Waals surface area (Å²) in [6.45, 7) is 10.0. The normalized spacial score (nSPS) is 23.0. The molecule has 5 nitrogen and oxygen atoms in total. The highest BCUT2D eigenvalue weighted by molar-refractivity contribution is 6.18. The number of hydrogen-bond donors (Lipinski definition) is 1. The van der Waals surface area contributed by atoms with Gasteiger partial charge in [-0.25, -0.2) is 9.59 Å². The van der Waals surface area contributed by atoms with Gasteiger partial charge in [0.1, 0.15) is 5.54 Å². The van der Waals surface area contributed by atoms with Gasteiger partial charge in [-0.15, -0.1) is 11.6 Å². The van der Waals surface area contributed by atoms with Crippen molar-refractivity contribution in [2.24, 2.45) is 5.41 Å². The van der Waals surface area contributed by atoms with E-state index in [1.54, 1.807) is 0 Å². The molecule has 0 radical (unpaired) electrons. The number of carbonyl (C=O) groups is 2. The van der Waals surface area contributed by atoms with Crippen LogP contribution in [-0.2, 0) is 9.53 Å². The number of ether oxygens (including phenoxy) is 1. The fraction of sp³-hybridized carbons (Fsp3) is 0.714. The second-order valence-electron chi connectivity index (χ2n) is 6.40. The second-order valence-corrected chi connectivity index (χ2v) is 6.78. The lowest BCUT2D eigenvalue weighted by molar-refractivity contribution is -0.158. The zero-order chi connectivity index (χ0) is 15.6. The predicted octanol–water partition coefficient (Wildman–Crippen LogP) is 2.88. The minimum atomic E-state index is -1.23. The average molecular weight is 304 g/mol. The molecule has 0 spiro atoms. The Balaban J connectivity index is 2.98. The molecule has 1 aliphatic rings. The Kier molecular flexibility index (Phi) is 5.08. The average Bonchev–Trinajstić information content (AvgIpc) is 2.64. The van der Waals surface area contributed by atoms with Crippen LogP contribution >= 0.6 is 11.6 Å². The van der Waals surface area contributed by atoms with E-state index in [1.807, 2.05) is 20.8 Å². The molecule has 1 heterocycles. The topological polar surface area (TPSA) is 66.8 Å². The van der Waals surface area contributed by atoms with Gasteiger partial charge in [-0.1, -0.05) is 32.9 Å². The number of alkyl halides is 1. The lowest BCUT2D eigenvalue weighted by Gasteiger charge is -2.34. The summed E-state index contributed by atoms with van der Waals surface area (Å²) in [4.78, 5) is 24.9. The maximum atomic E-state index is 12.4. The molecular formula is C14H22ClNO4. The third-order valence-electron chi connectivity index (χ3n) is 3.20. The van der Waals surface area contributed by atoms with Gasteiger partial charge in [0, 0.05) is 18.8 Å². The summed E-state index contributed by atoms with van der Waals surface area (Å²) in [5.74, 6) is -0.351. The Hall–Kier alpha value is -1.23. The minimum Gasteiger partial charge on any atom is -0.465 e. The summed E-state index contributed by atoms with van der Waals surface area (Å²) in [6.07, 6.45) is -0.654. The molecule has 0 aromatic carbocycles. The molecule has 1 amide bonds. The van der Waals surface area contributed by atoms with Gasteiger partial charge in [-0.2, -0.15) is 0 Å². The van der Waals surface area contributed by atoms with Crippen molar-refractivity contribution < 1.29 is 19.4 Å². The molecule has 1 atom stereocenters. The molecule has 20 heavy (non-hydrogen) atoms. The van der Waals surface area contributed by atoms with Crippen molar-refractivity contribution in [3.8, 4) is 0 Å². The van der Waals surface area contributed by atoms with E-state index in [0.717, 1.165) is 4.90 Å². The third kappa shape index (κ3) is 3.66. The number of rotatable bonds is 4. The van der Waals surface area contributed by atoms with Crippen molar-refractivity contribution in [1.29, 1.82) is 0 Å². The first-order chi connectivity index (χ1) is 9.12. The van der Waals surface area contributed by atoms with Crippen molar-refractivity contribution in [3.05, 3.63) is 12.2 Å². The Morgan fingerprint density at radius 3 is 2.55 bits per heavy atom. The lowest BCUT2D eigenvalue weighted by atomic mass is 9.91. The fourth-order valence-electron chi connectivity index (χ4n) is 2.27. The van der Waals surface area contributed by atoms with Crippen LogP contribution in [0, 0.1) is 5.41 Å². The molecule has 0 aromatic heterocycles. The summed E-state index contributed by atoms with van der Waals surface area (Å²) in [7, 11) is 0. The molecule has 0 aromatic rings. The van der Waals surface area contributed by atoms with Gasteiger partial charge in [0.15, 0.2) is 0 Å². The first-order valence-corrected chi connectivity index (χ1v) is 7.06. The molecule has 1 fully saturated rings. The van der Waals surface area contributed by atoms with Crippen molar-refractivity contribution in [3.63, 3.8) is 0 Å². The van der Waals surface area contributed by atoms with E-state index in [1.165, 1.54) is 0 Å². The molecule has 1 rings (SSSR count). The Labute approximate surface area is 124 Å². The fourth-order valence-corrected chi connectivity index (χ4v) is 2.58. The molecule has 0 bridgehead atoms. The molecule has 1 saturated heterocycles. The van der Waals surface area contributed by atoms with E-state index >= 15 is 0 Å². The van der Waals surface area contributed by atoms with Gasteiger partial charge in [0.2, 0.25) is 0 Å². The standard InChI is InChI=1S/C14H22ClNO4/c1-10-7-14(5-6-15,16(8-10)12(18)19)11(17)20-9-13(2,3)4/h1,5-9H2,2-4H3,(H,18,19). The smallest absolute Gasteiger partial charge is 0.408 e. The van der Waals surface area contributed by atoms with E-state index < -0.39 is 17.6 Å². The molecule has 6 heteroatoms. The van der Waals surface area contributed by atoms with Crippen LogP contribution < -0.4 is 0 Å². The van der Waals surface area contributed by atoms with Gasteiger partial charge in [-0.3, -0.25) is 4.90 Å². The van der Waals surface area contributed by atoms with Crippen LogP contribution in [-0.4, -0.2) is 46.6 Å². The van der Waals surface area contributed by atoms with E-state index in [9.17, 15) is 14.7 Å². The summed E-state index contributed by atoms with van der Waals surface area (Å²) < 4.78 is 5.33. The summed E-state index contributed by atoms with van der Waals surface area (Å²) in [5.41, 5.74) is -0.706. The quantitative estimate of drug-likeness (QED) is 0.492. The van der Waals surface area contributed by atoms with Crippen LogP contribution in [0.15, 0.2) is 12.2 Å². The third-order valence-corrected chi connectivity index (χ3v) is 3.39. The highest BCUT2D eigenvalue weighted by atomic mass is 35.5. The zero-order valence-electron chi connectivity index (χ0n) is 12.2. The molecule has 1 aliphatic heterocycles. The number of esters is 1. The summed E-state index contributed by atoms with van der Waals surface area (Å²) >= 11 is 5.77. The van der Waals surface area contributed by atoms with Gasteiger partial charge >= 0.3 is 12.1 Å². The Morgan fingerprint density at radius 2 is 2.10 bits per heavy atom. The molecule has 0 aliphatic carbocycles. The zero-order valence-corrected chi connectivity index (χ0v) is 13.0. The maximum absolute atomic E-state index is 12.4. The largest absolute Gasteiger partial charge is 0.465 e. The Morgan fingerprint density at radius 1 is 1.50 bits per heavy atom. The van der Waals surface area contributed by atoms with E-state index in [-0.39, 0.29) is 37.3 Å². The number of nitrogens with zero attached hydrogens (tertiary/aromatic N) is 1. The maximum Gasteiger partial charge on any atom is 0.408 e. The van der Waals surface area contributed by atoms with E-state index in [2.05, 4.69) is 6.58 Å². The minimum absolute atomic E-state index is 0.150. The number of halogens is 1. The van der Waals surface area contributed by atoms with Crippen LogP contribution in [0.4, 0.5) is 4.79 Å². The monoisotopic (exact) mass is 303 g/mol. The number of amides is 1. The first-order valence-electron chi connectivity index (χ1n) is 6.53. The van der Waals surface area contributed by atoms with E-state index in [4.69, 9.17) is 16.3 Å². The SMILES string of the molecule is C=C1CN(C(=O)O)C(CCCl)(C(=O)OCC(C)(C)C)C1. The molecular weight excluding hydrogens is 282 g/mol. The predicted molar refractivity (Wildman–Crippen MR) is 77.0 cm³/mol. The van der Waals surface area contributed by atoms with Crippen molar-refractivity contribution >= 4 is 23.7 Å². The van der Waals surface area contributed by atoms with Gasteiger partial charge < -0.3 is 9.84 Å². The number of carboxylic acid groups (broad SMARTS) is 1.